The molecule has 3 heteroatoms. The minimum absolute atomic E-state index is 0.309. The third-order valence-corrected chi connectivity index (χ3v) is 4.47. The Kier molecular flexibility index (Phi) is 4.93. The van der Waals surface area contributed by atoms with Crippen molar-refractivity contribution >= 4 is 11.6 Å². The van der Waals surface area contributed by atoms with Gasteiger partial charge in [0.1, 0.15) is 0 Å². The standard InChI is InChI=1S/C13H23ClNO/c14-11-4-2-1-3-5-12(10-11)15-8-6-13(16)7-9-15/h11-13H,1-10H2. The van der Waals surface area contributed by atoms with Gasteiger partial charge in [0, 0.05) is 24.5 Å². The molecule has 1 radical (unpaired) electrons. The molecule has 1 aliphatic heterocycles. The van der Waals surface area contributed by atoms with Crippen LogP contribution < -0.4 is 0 Å². The molecule has 2 nitrogen and oxygen atoms in total. The summed E-state index contributed by atoms with van der Waals surface area (Å²) in [5.41, 5.74) is 0. The molecule has 2 rings (SSSR count). The summed E-state index contributed by atoms with van der Waals surface area (Å²) < 4.78 is 0. The van der Waals surface area contributed by atoms with E-state index in [4.69, 9.17) is 11.6 Å². The molecule has 0 aromatic rings. The van der Waals surface area contributed by atoms with Gasteiger partial charge in [-0.25, -0.2) is 5.11 Å². The summed E-state index contributed by atoms with van der Waals surface area (Å²) in [7, 11) is 0. The van der Waals surface area contributed by atoms with Gasteiger partial charge in [-0.2, -0.15) is 0 Å². The van der Waals surface area contributed by atoms with E-state index >= 15 is 0 Å². The van der Waals surface area contributed by atoms with Crippen molar-refractivity contribution in [3.05, 3.63) is 0 Å². The first-order chi connectivity index (χ1) is 7.75. The molecule has 1 saturated carbocycles. The van der Waals surface area contributed by atoms with Gasteiger partial charge in [-0.1, -0.05) is 19.3 Å². The second-order valence-corrected chi connectivity index (χ2v) is 5.98. The van der Waals surface area contributed by atoms with Crippen LogP contribution in [0.4, 0.5) is 0 Å². The SMILES string of the molecule is [O]C1CCN(C2CCCCCC(Cl)C2)CC1. The molecule has 2 unspecified atom stereocenters. The van der Waals surface area contributed by atoms with Crippen molar-refractivity contribution in [3.63, 3.8) is 0 Å². The van der Waals surface area contributed by atoms with Crippen molar-refractivity contribution < 1.29 is 5.11 Å². The number of nitrogens with zero attached hydrogens (tertiary/aromatic N) is 1. The van der Waals surface area contributed by atoms with Crippen LogP contribution in [0.25, 0.3) is 0 Å². The number of rotatable bonds is 1. The summed E-state index contributed by atoms with van der Waals surface area (Å²) in [6.45, 7) is 2.00. The van der Waals surface area contributed by atoms with Gasteiger partial charge in [-0.05, 0) is 32.1 Å². The molecule has 0 bridgehead atoms. The summed E-state index contributed by atoms with van der Waals surface area (Å²) in [5, 5.41) is 11.7. The van der Waals surface area contributed by atoms with E-state index in [1.807, 2.05) is 0 Å². The van der Waals surface area contributed by atoms with Crippen LogP contribution in [0.1, 0.15) is 51.4 Å². The number of hydrogen-bond acceptors (Lipinski definition) is 1. The fourth-order valence-corrected chi connectivity index (χ4v) is 3.39. The Bertz CT molecular complexity index is 204. The predicted octanol–water partition coefficient (Wildman–Crippen LogP) is 3.21. The zero-order valence-electron chi connectivity index (χ0n) is 10.0. The minimum atomic E-state index is -0.309. The molecule has 0 spiro atoms. The first kappa shape index (κ1) is 12.7. The Morgan fingerprint density at radius 3 is 2.38 bits per heavy atom. The van der Waals surface area contributed by atoms with E-state index in [-0.39, 0.29) is 6.10 Å². The minimum Gasteiger partial charge on any atom is -0.300 e. The lowest BCUT2D eigenvalue weighted by Crippen LogP contribution is -2.43. The molecule has 2 atom stereocenters. The van der Waals surface area contributed by atoms with Gasteiger partial charge in [0.15, 0.2) is 0 Å². The van der Waals surface area contributed by atoms with Crippen LogP contribution in [-0.2, 0) is 5.11 Å². The number of likely N-dealkylation sites (tertiary alicyclic amines) is 1. The van der Waals surface area contributed by atoms with Crippen molar-refractivity contribution in [3.8, 4) is 0 Å². The third kappa shape index (κ3) is 3.61. The van der Waals surface area contributed by atoms with E-state index in [9.17, 15) is 5.11 Å². The molecule has 16 heavy (non-hydrogen) atoms. The molecule has 0 amide bonds. The largest absolute Gasteiger partial charge is 0.300 e. The Morgan fingerprint density at radius 1 is 0.938 bits per heavy atom. The quantitative estimate of drug-likeness (QED) is 0.650. The summed E-state index contributed by atoms with van der Waals surface area (Å²) in [5.74, 6) is 0. The van der Waals surface area contributed by atoms with Crippen LogP contribution in [0, 0.1) is 0 Å². The number of piperidine rings is 1. The lowest BCUT2D eigenvalue weighted by atomic mass is 9.93. The topological polar surface area (TPSA) is 23.1 Å². The Balaban J connectivity index is 1.85. The van der Waals surface area contributed by atoms with Gasteiger partial charge in [0.2, 0.25) is 0 Å². The monoisotopic (exact) mass is 244 g/mol. The third-order valence-electron chi connectivity index (χ3n) is 4.08. The zero-order chi connectivity index (χ0) is 11.4. The molecule has 0 N–H and O–H groups in total. The van der Waals surface area contributed by atoms with Gasteiger partial charge in [-0.3, -0.25) is 0 Å². The van der Waals surface area contributed by atoms with Crippen molar-refractivity contribution in [1.82, 2.24) is 4.90 Å². The Morgan fingerprint density at radius 2 is 1.62 bits per heavy atom. The molecule has 2 fully saturated rings. The summed E-state index contributed by atoms with van der Waals surface area (Å²) in [4.78, 5) is 2.52. The van der Waals surface area contributed by atoms with E-state index in [1.165, 1.54) is 32.1 Å². The van der Waals surface area contributed by atoms with Crippen LogP contribution in [-0.4, -0.2) is 35.5 Å². The summed E-state index contributed by atoms with van der Waals surface area (Å²) in [6, 6.07) is 0.648. The van der Waals surface area contributed by atoms with Gasteiger partial charge in [-0.15, -0.1) is 11.6 Å². The number of alkyl halides is 1. The smallest absolute Gasteiger partial charge is 0.0954 e. The van der Waals surface area contributed by atoms with Crippen molar-refractivity contribution in [2.24, 2.45) is 0 Å². The predicted molar refractivity (Wildman–Crippen MR) is 66.4 cm³/mol. The highest BCUT2D eigenvalue weighted by Gasteiger charge is 2.26. The van der Waals surface area contributed by atoms with Crippen molar-refractivity contribution in [2.75, 3.05) is 13.1 Å². The molecule has 2 aliphatic rings. The Hall–Kier alpha value is 0.210. The number of hydrogen-bond donors (Lipinski definition) is 0. The van der Waals surface area contributed by atoms with Crippen LogP contribution in [0.2, 0.25) is 0 Å². The molecule has 93 valence electrons. The lowest BCUT2D eigenvalue weighted by molar-refractivity contribution is 0.0114. The van der Waals surface area contributed by atoms with Crippen LogP contribution in [0.15, 0.2) is 0 Å². The lowest BCUT2D eigenvalue weighted by Gasteiger charge is -2.37. The zero-order valence-corrected chi connectivity index (χ0v) is 10.8. The maximum Gasteiger partial charge on any atom is 0.0954 e. The highest BCUT2D eigenvalue weighted by Crippen LogP contribution is 2.26. The van der Waals surface area contributed by atoms with E-state index in [1.54, 1.807) is 0 Å². The van der Waals surface area contributed by atoms with Crippen LogP contribution in [0.5, 0.6) is 0 Å². The van der Waals surface area contributed by atoms with Crippen molar-refractivity contribution in [2.45, 2.75) is 68.9 Å². The Labute approximate surface area is 104 Å². The van der Waals surface area contributed by atoms with Gasteiger partial charge >= 0.3 is 0 Å². The van der Waals surface area contributed by atoms with Crippen molar-refractivity contribution in [1.29, 1.82) is 0 Å². The van der Waals surface area contributed by atoms with Crippen LogP contribution >= 0.6 is 11.6 Å². The molecular weight excluding hydrogens is 222 g/mol. The van der Waals surface area contributed by atoms with Gasteiger partial charge in [0.25, 0.3) is 0 Å². The first-order valence-corrected chi connectivity index (χ1v) is 7.23. The molecular formula is C13H23ClNO. The highest BCUT2D eigenvalue weighted by atomic mass is 35.5. The average Bonchev–Trinajstić information content (AvgIpc) is 2.24. The highest BCUT2D eigenvalue weighted by molar-refractivity contribution is 6.20. The van der Waals surface area contributed by atoms with Gasteiger partial charge < -0.3 is 4.90 Å². The second kappa shape index (κ2) is 6.23. The van der Waals surface area contributed by atoms with Crippen LogP contribution in [0.3, 0.4) is 0 Å². The molecule has 0 aromatic carbocycles. The van der Waals surface area contributed by atoms with E-state index in [2.05, 4.69) is 4.90 Å². The molecule has 1 heterocycles. The van der Waals surface area contributed by atoms with Gasteiger partial charge in [0.05, 0.1) is 6.10 Å². The molecule has 1 aliphatic carbocycles. The normalized spacial score (nSPS) is 35.6. The van der Waals surface area contributed by atoms with E-state index in [0.717, 1.165) is 32.4 Å². The fraction of sp³-hybridized carbons (Fsp3) is 1.00. The first-order valence-electron chi connectivity index (χ1n) is 6.79. The maximum atomic E-state index is 11.3. The number of halogens is 1. The average molecular weight is 245 g/mol. The maximum absolute atomic E-state index is 11.3. The molecule has 0 aromatic heterocycles. The van der Waals surface area contributed by atoms with E-state index < -0.39 is 0 Å². The second-order valence-electron chi connectivity index (χ2n) is 5.36. The molecule has 1 saturated heterocycles. The summed E-state index contributed by atoms with van der Waals surface area (Å²) >= 11 is 6.35. The summed E-state index contributed by atoms with van der Waals surface area (Å²) in [6.07, 6.45) is 8.92. The van der Waals surface area contributed by atoms with E-state index in [0.29, 0.717) is 11.4 Å². The fourth-order valence-electron chi connectivity index (χ4n) is 3.03.